The van der Waals surface area contributed by atoms with Crippen LogP contribution < -0.4 is 5.32 Å². The minimum absolute atomic E-state index is 0.0571. The Morgan fingerprint density at radius 1 is 0.971 bits per heavy atom. The number of halogens is 2. The Hall–Kier alpha value is -3.43. The maximum Gasteiger partial charge on any atom is 0.185 e. The lowest BCUT2D eigenvalue weighted by Gasteiger charge is -2.14. The SMILES string of the molecule is Cc1ccc(S(=O)(=O)Cc2c(Cl)ncc(-c3ccnc(Nc4cc(C)nc(C)n4)c3)c2C)c(F)c1. The fraction of sp³-hybridized carbons (Fsp3) is 0.200. The Morgan fingerprint density at radius 3 is 2.46 bits per heavy atom. The molecule has 3 heterocycles. The van der Waals surface area contributed by atoms with E-state index in [0.29, 0.717) is 39.7 Å². The predicted octanol–water partition coefficient (Wildman–Crippen LogP) is 5.68. The first kappa shape index (κ1) is 24.7. The van der Waals surface area contributed by atoms with Crippen molar-refractivity contribution < 1.29 is 12.8 Å². The van der Waals surface area contributed by atoms with E-state index < -0.39 is 21.4 Å². The number of rotatable bonds is 6. The summed E-state index contributed by atoms with van der Waals surface area (Å²) in [6.45, 7) is 7.15. The molecule has 0 aliphatic carbocycles. The number of hydrogen-bond donors (Lipinski definition) is 1. The summed E-state index contributed by atoms with van der Waals surface area (Å²) in [5.74, 6) is 0.525. The molecule has 0 fully saturated rings. The molecular formula is C25H23ClFN5O2S. The zero-order valence-corrected chi connectivity index (χ0v) is 21.2. The van der Waals surface area contributed by atoms with Crippen LogP contribution in [0.25, 0.3) is 11.1 Å². The van der Waals surface area contributed by atoms with Crippen molar-refractivity contribution in [1.29, 1.82) is 0 Å². The molecule has 4 rings (SSSR count). The molecule has 0 atom stereocenters. The highest BCUT2D eigenvalue weighted by Crippen LogP contribution is 2.32. The zero-order chi connectivity index (χ0) is 25.3. The first-order valence-electron chi connectivity index (χ1n) is 10.7. The molecule has 0 aliphatic heterocycles. The van der Waals surface area contributed by atoms with Gasteiger partial charge in [0.2, 0.25) is 0 Å². The number of aromatic nitrogens is 4. The van der Waals surface area contributed by atoms with Crippen molar-refractivity contribution in [2.24, 2.45) is 0 Å². The van der Waals surface area contributed by atoms with Crippen molar-refractivity contribution in [2.45, 2.75) is 38.3 Å². The maximum atomic E-state index is 14.4. The smallest absolute Gasteiger partial charge is 0.185 e. The second-order valence-corrected chi connectivity index (χ2v) is 10.6. The molecule has 0 spiro atoms. The number of nitrogens with zero attached hydrogens (tertiary/aromatic N) is 4. The number of hydrogen-bond acceptors (Lipinski definition) is 7. The van der Waals surface area contributed by atoms with Crippen LogP contribution >= 0.6 is 11.6 Å². The van der Waals surface area contributed by atoms with E-state index in [2.05, 4.69) is 25.3 Å². The van der Waals surface area contributed by atoms with Gasteiger partial charge in [-0.05, 0) is 68.7 Å². The monoisotopic (exact) mass is 511 g/mol. The Kier molecular flexibility index (Phi) is 6.82. The van der Waals surface area contributed by atoms with Gasteiger partial charge in [-0.15, -0.1) is 0 Å². The van der Waals surface area contributed by atoms with Crippen LogP contribution in [0.4, 0.5) is 16.0 Å². The van der Waals surface area contributed by atoms with Gasteiger partial charge in [0.1, 0.15) is 33.3 Å². The quantitative estimate of drug-likeness (QED) is 0.333. The Labute approximate surface area is 208 Å². The van der Waals surface area contributed by atoms with E-state index in [4.69, 9.17) is 11.6 Å². The van der Waals surface area contributed by atoms with Crippen molar-refractivity contribution in [3.05, 3.63) is 88.0 Å². The first-order chi connectivity index (χ1) is 16.5. The van der Waals surface area contributed by atoms with Crippen molar-refractivity contribution in [2.75, 3.05) is 5.32 Å². The summed E-state index contributed by atoms with van der Waals surface area (Å²) in [6.07, 6.45) is 3.21. The Balaban J connectivity index is 1.69. The molecule has 4 aromatic rings. The van der Waals surface area contributed by atoms with Crippen LogP contribution in [0, 0.1) is 33.5 Å². The third-order valence-corrected chi connectivity index (χ3v) is 7.46. The van der Waals surface area contributed by atoms with Crippen molar-refractivity contribution in [1.82, 2.24) is 19.9 Å². The molecule has 0 saturated carbocycles. The van der Waals surface area contributed by atoms with E-state index in [1.54, 1.807) is 38.4 Å². The van der Waals surface area contributed by atoms with Gasteiger partial charge >= 0.3 is 0 Å². The number of anilines is 2. The van der Waals surface area contributed by atoms with E-state index in [0.717, 1.165) is 11.3 Å². The van der Waals surface area contributed by atoms with E-state index in [9.17, 15) is 12.8 Å². The van der Waals surface area contributed by atoms with Gasteiger partial charge < -0.3 is 5.32 Å². The number of benzene rings is 1. The average molecular weight is 512 g/mol. The molecule has 180 valence electrons. The van der Waals surface area contributed by atoms with Crippen LogP contribution in [0.1, 0.15) is 28.2 Å². The fourth-order valence-corrected chi connectivity index (χ4v) is 5.63. The standard InChI is InChI=1S/C25H23ClFN5O2S/c1-14-5-6-22(21(27)9-14)35(33,34)13-20-16(3)19(12-29-25(20)26)18-7-8-28-23(11-18)32-24-10-15(2)30-17(4)31-24/h5-12H,13H2,1-4H3,(H,28,30,31,32). The highest BCUT2D eigenvalue weighted by atomic mass is 35.5. The highest BCUT2D eigenvalue weighted by molar-refractivity contribution is 7.90. The van der Waals surface area contributed by atoms with Crippen LogP contribution in [-0.2, 0) is 15.6 Å². The third-order valence-electron chi connectivity index (χ3n) is 5.46. The molecule has 0 unspecified atom stereocenters. The molecule has 1 N–H and O–H groups in total. The molecule has 0 bridgehead atoms. The summed E-state index contributed by atoms with van der Waals surface area (Å²) in [5, 5.41) is 3.22. The second kappa shape index (κ2) is 9.67. The molecule has 0 radical (unpaired) electrons. The van der Waals surface area contributed by atoms with Gasteiger partial charge in [0.05, 0.1) is 5.75 Å². The lowest BCUT2D eigenvalue weighted by atomic mass is 10.0. The molecule has 3 aromatic heterocycles. The molecule has 0 saturated heterocycles. The van der Waals surface area contributed by atoms with Crippen LogP contribution in [0.2, 0.25) is 5.15 Å². The van der Waals surface area contributed by atoms with Gasteiger partial charge in [0.25, 0.3) is 0 Å². The van der Waals surface area contributed by atoms with Gasteiger partial charge in [-0.3, -0.25) is 0 Å². The minimum atomic E-state index is -4.00. The Bertz CT molecular complexity index is 1520. The van der Waals surface area contributed by atoms with Crippen LogP contribution in [0.5, 0.6) is 0 Å². The molecule has 7 nitrogen and oxygen atoms in total. The third kappa shape index (κ3) is 5.47. The Morgan fingerprint density at radius 2 is 1.74 bits per heavy atom. The first-order valence-corrected chi connectivity index (χ1v) is 12.7. The van der Waals surface area contributed by atoms with Crippen molar-refractivity contribution >= 4 is 33.1 Å². The van der Waals surface area contributed by atoms with Crippen LogP contribution in [0.3, 0.4) is 0 Å². The summed E-state index contributed by atoms with van der Waals surface area (Å²) in [6, 6.07) is 9.44. The molecule has 35 heavy (non-hydrogen) atoms. The summed E-state index contributed by atoms with van der Waals surface area (Å²) in [5.41, 5.74) is 3.85. The van der Waals surface area contributed by atoms with E-state index in [-0.39, 0.29) is 10.0 Å². The van der Waals surface area contributed by atoms with Gasteiger partial charge in [0, 0.05) is 35.3 Å². The highest BCUT2D eigenvalue weighted by Gasteiger charge is 2.24. The van der Waals surface area contributed by atoms with E-state index in [1.807, 2.05) is 26.0 Å². The minimum Gasteiger partial charge on any atom is -0.325 e. The summed E-state index contributed by atoms with van der Waals surface area (Å²) < 4.78 is 40.5. The molecule has 10 heteroatoms. The average Bonchev–Trinajstić information content (AvgIpc) is 2.76. The van der Waals surface area contributed by atoms with Crippen molar-refractivity contribution in [3.8, 4) is 11.1 Å². The topological polar surface area (TPSA) is 97.7 Å². The molecule has 0 amide bonds. The van der Waals surface area contributed by atoms with Crippen LogP contribution in [-0.4, -0.2) is 28.4 Å². The summed E-state index contributed by atoms with van der Waals surface area (Å²) >= 11 is 6.31. The fourth-order valence-electron chi connectivity index (χ4n) is 3.78. The van der Waals surface area contributed by atoms with Gasteiger partial charge in [-0.2, -0.15) is 0 Å². The predicted molar refractivity (Wildman–Crippen MR) is 134 cm³/mol. The summed E-state index contributed by atoms with van der Waals surface area (Å²) in [4.78, 5) is 16.8. The van der Waals surface area contributed by atoms with E-state index in [1.165, 1.54) is 12.1 Å². The molecule has 1 aromatic carbocycles. The van der Waals surface area contributed by atoms with E-state index >= 15 is 0 Å². The van der Waals surface area contributed by atoms with Gasteiger partial charge in [-0.25, -0.2) is 32.7 Å². The lowest BCUT2D eigenvalue weighted by Crippen LogP contribution is -2.10. The maximum absolute atomic E-state index is 14.4. The van der Waals surface area contributed by atoms with Gasteiger partial charge in [-0.1, -0.05) is 17.7 Å². The number of aryl methyl sites for hydroxylation is 3. The van der Waals surface area contributed by atoms with Crippen LogP contribution in [0.15, 0.2) is 53.7 Å². The summed E-state index contributed by atoms with van der Waals surface area (Å²) in [7, 11) is -4.00. The number of nitrogens with one attached hydrogen (secondary N) is 1. The largest absolute Gasteiger partial charge is 0.325 e. The molecular weight excluding hydrogens is 489 g/mol. The number of sulfone groups is 1. The lowest BCUT2D eigenvalue weighted by molar-refractivity contribution is 0.565. The van der Waals surface area contributed by atoms with Gasteiger partial charge in [0.15, 0.2) is 9.84 Å². The normalized spacial score (nSPS) is 11.5. The van der Waals surface area contributed by atoms with Crippen molar-refractivity contribution in [3.63, 3.8) is 0 Å². The molecule has 0 aliphatic rings. The number of pyridine rings is 2. The zero-order valence-electron chi connectivity index (χ0n) is 19.6. The second-order valence-electron chi connectivity index (χ2n) is 8.26.